The molecule has 1 heterocycles. The Hall–Kier alpha value is -1.52. The van der Waals surface area contributed by atoms with Crippen molar-refractivity contribution in [3.8, 4) is 0 Å². The van der Waals surface area contributed by atoms with Gasteiger partial charge in [0, 0.05) is 0 Å². The molecule has 0 saturated heterocycles. The predicted octanol–water partition coefficient (Wildman–Crippen LogP) is 2.57. The van der Waals surface area contributed by atoms with Crippen molar-refractivity contribution in [1.29, 1.82) is 0 Å². The number of carbonyl (C=O) groups excluding carboxylic acids is 1. The first kappa shape index (κ1) is 12.5. The maximum Gasteiger partial charge on any atom is 0.408 e. The van der Waals surface area contributed by atoms with Gasteiger partial charge in [0.15, 0.2) is 0 Å². The van der Waals surface area contributed by atoms with Crippen LogP contribution in [0.1, 0.15) is 45.4 Å². The molecule has 1 rings (SSSR count). The number of rotatable bonds is 2. The van der Waals surface area contributed by atoms with Gasteiger partial charge in [-0.3, -0.25) is 0 Å². The quantitative estimate of drug-likeness (QED) is 0.841. The van der Waals surface area contributed by atoms with Crippen LogP contribution in [0.3, 0.4) is 0 Å². The zero-order chi connectivity index (χ0) is 12.3. The molecule has 1 atom stereocenters. The van der Waals surface area contributed by atoms with E-state index in [0.717, 1.165) is 0 Å². The summed E-state index contributed by atoms with van der Waals surface area (Å²) in [5.41, 5.74) is -0.504. The van der Waals surface area contributed by atoms with E-state index >= 15 is 0 Å². The zero-order valence-electron chi connectivity index (χ0n) is 10.3. The van der Waals surface area contributed by atoms with E-state index in [1.165, 1.54) is 0 Å². The Bertz CT molecular complexity index is 366. The van der Waals surface area contributed by atoms with Crippen LogP contribution in [0.4, 0.5) is 4.79 Å². The minimum Gasteiger partial charge on any atom is -0.444 e. The largest absolute Gasteiger partial charge is 0.444 e. The van der Waals surface area contributed by atoms with E-state index in [4.69, 9.17) is 9.15 Å². The van der Waals surface area contributed by atoms with Gasteiger partial charge in [0.2, 0.25) is 5.89 Å². The number of oxazole rings is 1. The molecule has 0 saturated carbocycles. The molecule has 0 aliphatic heterocycles. The fourth-order valence-electron chi connectivity index (χ4n) is 1.12. The molecule has 1 N–H and O–H groups in total. The first-order valence-corrected chi connectivity index (χ1v) is 5.20. The van der Waals surface area contributed by atoms with Crippen molar-refractivity contribution in [2.24, 2.45) is 0 Å². The van der Waals surface area contributed by atoms with Gasteiger partial charge >= 0.3 is 6.09 Å². The van der Waals surface area contributed by atoms with E-state index in [1.54, 1.807) is 20.0 Å². The Balaban J connectivity index is 2.52. The summed E-state index contributed by atoms with van der Waals surface area (Å²) in [5, 5.41) is 2.65. The lowest BCUT2D eigenvalue weighted by molar-refractivity contribution is 0.0500. The number of ether oxygens (including phenoxy) is 1. The lowest BCUT2D eigenvalue weighted by Crippen LogP contribution is -2.34. The Morgan fingerprint density at radius 3 is 2.62 bits per heavy atom. The second-order valence-corrected chi connectivity index (χ2v) is 4.68. The molecule has 0 spiro atoms. The minimum atomic E-state index is -0.504. The van der Waals surface area contributed by atoms with E-state index in [1.807, 2.05) is 20.8 Å². The molecule has 16 heavy (non-hydrogen) atoms. The van der Waals surface area contributed by atoms with E-state index in [0.29, 0.717) is 11.7 Å². The van der Waals surface area contributed by atoms with Crippen LogP contribution in [0.15, 0.2) is 10.6 Å². The van der Waals surface area contributed by atoms with Crippen molar-refractivity contribution in [1.82, 2.24) is 10.3 Å². The summed E-state index contributed by atoms with van der Waals surface area (Å²) in [6.07, 6.45) is 1.14. The highest BCUT2D eigenvalue weighted by Crippen LogP contribution is 2.13. The second kappa shape index (κ2) is 4.55. The van der Waals surface area contributed by atoms with Crippen LogP contribution < -0.4 is 5.32 Å². The van der Waals surface area contributed by atoms with Crippen LogP contribution in [0.5, 0.6) is 0 Å². The molecule has 5 heteroatoms. The number of nitrogens with zero attached hydrogens (tertiary/aromatic N) is 1. The molecule has 90 valence electrons. The standard InChI is InChI=1S/C11H18N2O3/c1-7-6-12-9(15-7)8(2)13-10(14)16-11(3,4)5/h6,8H,1-5H3,(H,13,14). The van der Waals surface area contributed by atoms with Crippen LogP contribution in [-0.4, -0.2) is 16.7 Å². The number of nitrogens with one attached hydrogen (secondary N) is 1. The van der Waals surface area contributed by atoms with Crippen LogP contribution in [0, 0.1) is 6.92 Å². The zero-order valence-corrected chi connectivity index (χ0v) is 10.3. The SMILES string of the molecule is Cc1cnc(C(C)NC(=O)OC(C)(C)C)o1. The Kier molecular flexibility index (Phi) is 3.57. The summed E-state index contributed by atoms with van der Waals surface area (Å²) in [5.74, 6) is 1.19. The highest BCUT2D eigenvalue weighted by molar-refractivity contribution is 5.68. The van der Waals surface area contributed by atoms with Gasteiger partial charge in [0.05, 0.1) is 6.20 Å². The van der Waals surface area contributed by atoms with Gasteiger partial charge in [-0.1, -0.05) is 0 Å². The van der Waals surface area contributed by atoms with Crippen molar-refractivity contribution in [3.05, 3.63) is 17.8 Å². The number of aromatic nitrogens is 1. The fourth-order valence-corrected chi connectivity index (χ4v) is 1.12. The van der Waals surface area contributed by atoms with Crippen LogP contribution >= 0.6 is 0 Å². The van der Waals surface area contributed by atoms with Crippen molar-refractivity contribution in [2.75, 3.05) is 0 Å². The van der Waals surface area contributed by atoms with Gasteiger partial charge in [-0.15, -0.1) is 0 Å². The molecule has 1 aromatic heterocycles. The monoisotopic (exact) mass is 226 g/mol. The van der Waals surface area contributed by atoms with E-state index in [9.17, 15) is 4.79 Å². The molecular formula is C11H18N2O3. The normalized spacial score (nSPS) is 13.3. The molecule has 1 unspecified atom stereocenters. The number of carbonyl (C=O) groups is 1. The van der Waals surface area contributed by atoms with E-state index in [2.05, 4.69) is 10.3 Å². The lowest BCUT2D eigenvalue weighted by atomic mass is 10.2. The van der Waals surface area contributed by atoms with E-state index in [-0.39, 0.29) is 6.04 Å². The molecule has 5 nitrogen and oxygen atoms in total. The fraction of sp³-hybridized carbons (Fsp3) is 0.636. The number of alkyl carbamates (subject to hydrolysis) is 1. The van der Waals surface area contributed by atoms with E-state index < -0.39 is 11.7 Å². The van der Waals surface area contributed by atoms with Crippen molar-refractivity contribution in [3.63, 3.8) is 0 Å². The maximum atomic E-state index is 11.4. The van der Waals surface area contributed by atoms with Gasteiger partial charge in [-0.05, 0) is 34.6 Å². The molecule has 1 amide bonds. The van der Waals surface area contributed by atoms with Crippen molar-refractivity contribution >= 4 is 6.09 Å². The number of aryl methyl sites for hydroxylation is 1. The average molecular weight is 226 g/mol. The summed E-state index contributed by atoms with van der Waals surface area (Å²) in [7, 11) is 0. The minimum absolute atomic E-state index is 0.302. The lowest BCUT2D eigenvalue weighted by Gasteiger charge is -2.20. The predicted molar refractivity (Wildman–Crippen MR) is 59.0 cm³/mol. The highest BCUT2D eigenvalue weighted by Gasteiger charge is 2.20. The smallest absolute Gasteiger partial charge is 0.408 e. The molecule has 0 aliphatic rings. The highest BCUT2D eigenvalue weighted by atomic mass is 16.6. The molecular weight excluding hydrogens is 208 g/mol. The second-order valence-electron chi connectivity index (χ2n) is 4.68. The van der Waals surface area contributed by atoms with Gasteiger partial charge in [-0.2, -0.15) is 0 Å². The Morgan fingerprint density at radius 1 is 1.56 bits per heavy atom. The summed E-state index contributed by atoms with van der Waals surface area (Å²) in [6.45, 7) is 9.03. The third kappa shape index (κ3) is 3.92. The van der Waals surface area contributed by atoms with Crippen molar-refractivity contribution < 1.29 is 13.9 Å². The molecule has 0 radical (unpaired) electrons. The van der Waals surface area contributed by atoms with Crippen LogP contribution in [-0.2, 0) is 4.74 Å². The first-order chi connectivity index (χ1) is 7.28. The van der Waals surface area contributed by atoms with Crippen molar-refractivity contribution in [2.45, 2.75) is 46.3 Å². The molecule has 1 aromatic rings. The summed E-state index contributed by atoms with van der Waals surface area (Å²) in [6, 6.07) is -0.302. The molecule has 0 aliphatic carbocycles. The molecule has 0 bridgehead atoms. The number of amides is 1. The number of hydrogen-bond acceptors (Lipinski definition) is 4. The van der Waals surface area contributed by atoms with Crippen LogP contribution in [0.2, 0.25) is 0 Å². The summed E-state index contributed by atoms with van der Waals surface area (Å²) >= 11 is 0. The first-order valence-electron chi connectivity index (χ1n) is 5.20. The third-order valence-corrected chi connectivity index (χ3v) is 1.74. The molecule has 0 aromatic carbocycles. The Labute approximate surface area is 95.2 Å². The topological polar surface area (TPSA) is 64.4 Å². The average Bonchev–Trinajstić information content (AvgIpc) is 2.47. The maximum absolute atomic E-state index is 11.4. The third-order valence-electron chi connectivity index (χ3n) is 1.74. The van der Waals surface area contributed by atoms with Gasteiger partial charge in [0.1, 0.15) is 17.4 Å². The van der Waals surface area contributed by atoms with Gasteiger partial charge in [0.25, 0.3) is 0 Å². The van der Waals surface area contributed by atoms with Gasteiger partial charge < -0.3 is 14.5 Å². The van der Waals surface area contributed by atoms with Crippen LogP contribution in [0.25, 0.3) is 0 Å². The molecule has 0 fully saturated rings. The summed E-state index contributed by atoms with van der Waals surface area (Å²) < 4.78 is 10.4. The Morgan fingerprint density at radius 2 is 2.19 bits per heavy atom. The van der Waals surface area contributed by atoms with Gasteiger partial charge in [-0.25, -0.2) is 9.78 Å². The summed E-state index contributed by atoms with van der Waals surface area (Å²) in [4.78, 5) is 15.5. The number of hydrogen-bond donors (Lipinski definition) is 1.